The molecule has 1 saturated heterocycles. The first-order valence-corrected chi connectivity index (χ1v) is 5.62. The fourth-order valence-electron chi connectivity index (χ4n) is 2.47. The Hall–Kier alpha value is -0.980. The quantitative estimate of drug-likeness (QED) is 0.771. The molecule has 0 radical (unpaired) electrons. The zero-order valence-electron chi connectivity index (χ0n) is 9.29. The van der Waals surface area contributed by atoms with Gasteiger partial charge in [-0.05, 0) is 25.7 Å². The van der Waals surface area contributed by atoms with Crippen molar-refractivity contribution in [1.82, 2.24) is 4.90 Å². The molecule has 1 aliphatic heterocycles. The molecule has 0 aromatic carbocycles. The van der Waals surface area contributed by atoms with Crippen LogP contribution in [0.2, 0.25) is 0 Å². The number of nitrogens with zero attached hydrogens (tertiary/aromatic N) is 1. The van der Waals surface area contributed by atoms with Crippen molar-refractivity contribution in [3.8, 4) is 0 Å². The Bertz CT molecular complexity index is 321. The molecule has 0 bridgehead atoms. The SMILES string of the molecule is N[C@H]1C[C@@]12CCCCN2C(=O)OCC(F)(F)F. The fraction of sp³-hybridized carbons (Fsp3) is 0.900. The molecule has 7 heteroatoms. The van der Waals surface area contributed by atoms with Gasteiger partial charge in [-0.25, -0.2) is 4.79 Å². The van der Waals surface area contributed by atoms with Crippen molar-refractivity contribution in [2.24, 2.45) is 5.73 Å². The highest BCUT2D eigenvalue weighted by molar-refractivity contribution is 5.70. The first kappa shape index (κ1) is 12.5. The molecule has 0 aromatic rings. The zero-order valence-corrected chi connectivity index (χ0v) is 9.29. The van der Waals surface area contributed by atoms with Gasteiger partial charge < -0.3 is 15.4 Å². The summed E-state index contributed by atoms with van der Waals surface area (Å²) < 4.78 is 40.1. The van der Waals surface area contributed by atoms with Crippen molar-refractivity contribution in [3.05, 3.63) is 0 Å². The van der Waals surface area contributed by atoms with Crippen molar-refractivity contribution in [2.75, 3.05) is 13.2 Å². The van der Waals surface area contributed by atoms with E-state index in [9.17, 15) is 18.0 Å². The second-order valence-corrected chi connectivity index (χ2v) is 4.69. The summed E-state index contributed by atoms with van der Waals surface area (Å²) in [7, 11) is 0. The number of hydrogen-bond donors (Lipinski definition) is 1. The predicted octanol–water partition coefficient (Wildman–Crippen LogP) is 1.64. The molecule has 98 valence electrons. The van der Waals surface area contributed by atoms with Crippen molar-refractivity contribution >= 4 is 6.09 Å². The summed E-state index contributed by atoms with van der Waals surface area (Å²) in [4.78, 5) is 13.0. The van der Waals surface area contributed by atoms with Gasteiger partial charge in [-0.3, -0.25) is 0 Å². The Morgan fingerprint density at radius 2 is 2.12 bits per heavy atom. The second-order valence-electron chi connectivity index (χ2n) is 4.69. The van der Waals surface area contributed by atoms with Gasteiger partial charge in [0.25, 0.3) is 0 Å². The van der Waals surface area contributed by atoms with E-state index in [1.165, 1.54) is 4.90 Å². The van der Waals surface area contributed by atoms with Gasteiger partial charge in [0.05, 0.1) is 5.54 Å². The molecule has 2 aliphatic rings. The third-order valence-corrected chi connectivity index (χ3v) is 3.46. The van der Waals surface area contributed by atoms with Crippen molar-refractivity contribution < 1.29 is 22.7 Å². The molecule has 1 aliphatic carbocycles. The molecule has 2 fully saturated rings. The van der Waals surface area contributed by atoms with Crippen LogP contribution in [-0.2, 0) is 4.74 Å². The van der Waals surface area contributed by atoms with Crippen LogP contribution in [0, 0.1) is 0 Å². The van der Waals surface area contributed by atoms with E-state index in [-0.39, 0.29) is 6.04 Å². The molecule has 0 aromatic heterocycles. The Labute approximate surface area is 96.9 Å². The number of nitrogens with two attached hydrogens (primary N) is 1. The van der Waals surface area contributed by atoms with E-state index in [2.05, 4.69) is 4.74 Å². The summed E-state index contributed by atoms with van der Waals surface area (Å²) in [5.74, 6) is 0. The van der Waals surface area contributed by atoms with E-state index in [1.54, 1.807) is 0 Å². The Kier molecular flexibility index (Phi) is 2.97. The first-order valence-electron chi connectivity index (χ1n) is 5.62. The summed E-state index contributed by atoms with van der Waals surface area (Å²) in [6.07, 6.45) is -2.21. The van der Waals surface area contributed by atoms with Crippen LogP contribution in [0.15, 0.2) is 0 Å². The minimum atomic E-state index is -4.48. The lowest BCUT2D eigenvalue weighted by molar-refractivity contribution is -0.163. The highest BCUT2D eigenvalue weighted by Crippen LogP contribution is 2.47. The molecule has 1 spiro atoms. The summed E-state index contributed by atoms with van der Waals surface area (Å²) in [6.45, 7) is -1.10. The molecule has 1 heterocycles. The van der Waals surface area contributed by atoms with Crippen LogP contribution >= 0.6 is 0 Å². The summed E-state index contributed by atoms with van der Waals surface area (Å²) in [6, 6.07) is -0.124. The zero-order chi connectivity index (χ0) is 12.7. The highest BCUT2D eigenvalue weighted by Gasteiger charge is 2.59. The van der Waals surface area contributed by atoms with E-state index in [1.807, 2.05) is 0 Å². The number of likely N-dealkylation sites (tertiary alicyclic amines) is 1. The maximum Gasteiger partial charge on any atom is 0.422 e. The van der Waals surface area contributed by atoms with Crippen molar-refractivity contribution in [3.63, 3.8) is 0 Å². The number of ether oxygens (including phenoxy) is 1. The third kappa shape index (κ3) is 2.48. The molecular weight excluding hydrogens is 237 g/mol. The third-order valence-electron chi connectivity index (χ3n) is 3.46. The molecule has 17 heavy (non-hydrogen) atoms. The number of halogens is 3. The van der Waals surface area contributed by atoms with Gasteiger partial charge in [0.2, 0.25) is 0 Å². The average Bonchev–Trinajstić information content (AvgIpc) is 2.85. The highest BCUT2D eigenvalue weighted by atomic mass is 19.4. The average molecular weight is 252 g/mol. The maximum atomic E-state index is 11.9. The molecule has 4 nitrogen and oxygen atoms in total. The van der Waals surface area contributed by atoms with Crippen LogP contribution in [-0.4, -0.2) is 41.9 Å². The topological polar surface area (TPSA) is 55.6 Å². The molecule has 1 saturated carbocycles. The summed E-state index contributed by atoms with van der Waals surface area (Å²) >= 11 is 0. The van der Waals surface area contributed by atoms with Gasteiger partial charge in [-0.1, -0.05) is 0 Å². The molecule has 0 unspecified atom stereocenters. The number of amides is 1. The normalized spacial score (nSPS) is 32.7. The second kappa shape index (κ2) is 4.04. The first-order chi connectivity index (χ1) is 7.85. The lowest BCUT2D eigenvalue weighted by Gasteiger charge is -2.36. The minimum Gasteiger partial charge on any atom is -0.440 e. The monoisotopic (exact) mass is 252 g/mol. The van der Waals surface area contributed by atoms with E-state index in [0.29, 0.717) is 13.0 Å². The Balaban J connectivity index is 1.94. The van der Waals surface area contributed by atoms with Crippen molar-refractivity contribution in [2.45, 2.75) is 43.4 Å². The number of carbonyl (C=O) groups excluding carboxylic acids is 1. The van der Waals surface area contributed by atoms with Gasteiger partial charge in [-0.2, -0.15) is 13.2 Å². The van der Waals surface area contributed by atoms with Gasteiger partial charge in [0, 0.05) is 12.6 Å². The molecular formula is C10H15F3N2O2. The van der Waals surface area contributed by atoms with Crippen LogP contribution in [0.25, 0.3) is 0 Å². The Morgan fingerprint density at radius 1 is 1.47 bits per heavy atom. The van der Waals surface area contributed by atoms with Gasteiger partial charge in [-0.15, -0.1) is 0 Å². The Morgan fingerprint density at radius 3 is 2.65 bits per heavy atom. The van der Waals surface area contributed by atoms with Crippen molar-refractivity contribution in [1.29, 1.82) is 0 Å². The number of carbonyl (C=O) groups is 1. The van der Waals surface area contributed by atoms with Gasteiger partial charge in [0.15, 0.2) is 6.61 Å². The van der Waals surface area contributed by atoms with E-state index < -0.39 is 24.4 Å². The van der Waals surface area contributed by atoms with Crippen LogP contribution in [0.4, 0.5) is 18.0 Å². The maximum absolute atomic E-state index is 11.9. The molecule has 2 N–H and O–H groups in total. The van der Waals surface area contributed by atoms with Gasteiger partial charge in [0.1, 0.15) is 0 Å². The predicted molar refractivity (Wildman–Crippen MR) is 53.3 cm³/mol. The fourth-order valence-corrected chi connectivity index (χ4v) is 2.47. The summed E-state index contributed by atoms with van der Waals surface area (Å²) in [5, 5.41) is 0. The van der Waals surface area contributed by atoms with Crippen LogP contribution in [0.1, 0.15) is 25.7 Å². The van der Waals surface area contributed by atoms with E-state index in [0.717, 1.165) is 19.3 Å². The number of piperidine rings is 1. The van der Waals surface area contributed by atoms with E-state index >= 15 is 0 Å². The van der Waals surface area contributed by atoms with Crippen LogP contribution in [0.3, 0.4) is 0 Å². The number of rotatable bonds is 1. The summed E-state index contributed by atoms with van der Waals surface area (Å²) in [5.41, 5.74) is 5.34. The molecule has 1 amide bonds. The molecule has 2 rings (SSSR count). The van der Waals surface area contributed by atoms with Crippen LogP contribution < -0.4 is 5.73 Å². The smallest absolute Gasteiger partial charge is 0.422 e. The minimum absolute atomic E-state index is 0.124. The number of hydrogen-bond acceptors (Lipinski definition) is 3. The standard InChI is InChI=1S/C10H15F3N2O2/c11-10(12,13)6-17-8(16)15-4-2-1-3-9(15)5-7(9)14/h7H,1-6,14H2/t7-,9-/m0/s1. The van der Waals surface area contributed by atoms with E-state index in [4.69, 9.17) is 5.73 Å². The number of alkyl halides is 3. The largest absolute Gasteiger partial charge is 0.440 e. The van der Waals surface area contributed by atoms with Crippen LogP contribution in [0.5, 0.6) is 0 Å². The van der Waals surface area contributed by atoms with Gasteiger partial charge >= 0.3 is 12.3 Å². The molecule has 2 atom stereocenters. The lowest BCUT2D eigenvalue weighted by atomic mass is 10.00. The lowest BCUT2D eigenvalue weighted by Crippen LogP contribution is -2.49.